The van der Waals surface area contributed by atoms with Crippen molar-refractivity contribution in [3.63, 3.8) is 0 Å². The second kappa shape index (κ2) is 7.88. The highest BCUT2D eigenvalue weighted by Crippen LogP contribution is 2.27. The van der Waals surface area contributed by atoms with E-state index >= 15 is 0 Å². The third-order valence-electron chi connectivity index (χ3n) is 2.95. The Morgan fingerprint density at radius 1 is 0.833 bits per heavy atom. The predicted octanol–water partition coefficient (Wildman–Crippen LogP) is 3.61. The van der Waals surface area contributed by atoms with Crippen LogP contribution in [0.3, 0.4) is 0 Å². The third-order valence-corrected chi connectivity index (χ3v) is 2.95. The third kappa shape index (κ3) is 3.84. The van der Waals surface area contributed by atoms with Gasteiger partial charge in [-0.05, 0) is 17.5 Å². The summed E-state index contributed by atoms with van der Waals surface area (Å²) in [5, 5.41) is 8.76. The summed E-state index contributed by atoms with van der Waals surface area (Å²) in [7, 11) is 0. The first-order valence-corrected chi connectivity index (χ1v) is 5.88. The number of rotatable bonds is 5. The van der Waals surface area contributed by atoms with Crippen molar-refractivity contribution in [3.05, 3.63) is 71.8 Å². The van der Waals surface area contributed by atoms with Crippen LogP contribution in [0.25, 0.3) is 0 Å². The van der Waals surface area contributed by atoms with Gasteiger partial charge in [-0.25, -0.2) is 5.48 Å². The number of benzene rings is 2. The van der Waals surface area contributed by atoms with E-state index in [9.17, 15) is 0 Å². The van der Waals surface area contributed by atoms with Gasteiger partial charge in [-0.15, -0.1) is 12.4 Å². The van der Waals surface area contributed by atoms with Gasteiger partial charge in [0.1, 0.15) is 0 Å². The number of nitrogens with one attached hydrogen (secondary N) is 1. The minimum Gasteiger partial charge on any atom is -0.317 e. The molecule has 3 heteroatoms. The van der Waals surface area contributed by atoms with Crippen molar-refractivity contribution in [3.8, 4) is 0 Å². The van der Waals surface area contributed by atoms with E-state index in [0.717, 1.165) is 6.42 Å². The van der Waals surface area contributed by atoms with Gasteiger partial charge < -0.3 is 5.21 Å². The van der Waals surface area contributed by atoms with Crippen molar-refractivity contribution in [2.24, 2.45) is 0 Å². The molecule has 0 bridgehead atoms. The lowest BCUT2D eigenvalue weighted by Gasteiger charge is -2.17. The first kappa shape index (κ1) is 14.7. The standard InChI is InChI=1S/C15H17NO.ClH/c17-16-12-11-15(13-7-3-1-4-8-13)14-9-5-2-6-10-14;/h1-10,15-17H,11-12H2;1H. The maximum atomic E-state index is 8.76. The number of hydroxylamine groups is 1. The molecule has 0 unspecified atom stereocenters. The zero-order chi connectivity index (χ0) is 11.9. The predicted molar refractivity (Wildman–Crippen MR) is 76.4 cm³/mol. The van der Waals surface area contributed by atoms with Crippen LogP contribution in [-0.2, 0) is 0 Å². The lowest BCUT2D eigenvalue weighted by Crippen LogP contribution is -2.13. The van der Waals surface area contributed by atoms with Gasteiger partial charge in [0.2, 0.25) is 0 Å². The van der Waals surface area contributed by atoms with E-state index in [-0.39, 0.29) is 12.4 Å². The first-order chi connectivity index (χ1) is 8.42. The number of hydrogen-bond donors (Lipinski definition) is 2. The van der Waals surface area contributed by atoms with E-state index in [0.29, 0.717) is 12.5 Å². The van der Waals surface area contributed by atoms with Gasteiger partial charge in [0.15, 0.2) is 0 Å². The zero-order valence-corrected chi connectivity index (χ0v) is 10.9. The molecule has 0 atom stereocenters. The average Bonchev–Trinajstić information content (AvgIpc) is 2.42. The summed E-state index contributed by atoms with van der Waals surface area (Å²) in [6.45, 7) is 0.592. The molecule has 0 heterocycles. The molecule has 0 spiro atoms. The van der Waals surface area contributed by atoms with E-state index in [1.165, 1.54) is 11.1 Å². The van der Waals surface area contributed by atoms with Crippen molar-refractivity contribution in [1.29, 1.82) is 0 Å². The quantitative estimate of drug-likeness (QED) is 0.808. The molecule has 0 aliphatic rings. The Morgan fingerprint density at radius 3 is 1.67 bits per heavy atom. The Kier molecular flexibility index (Phi) is 6.44. The molecule has 2 aromatic rings. The van der Waals surface area contributed by atoms with E-state index in [1.807, 2.05) is 12.1 Å². The summed E-state index contributed by atoms with van der Waals surface area (Å²) < 4.78 is 0. The maximum Gasteiger partial charge on any atom is 0.0216 e. The lowest BCUT2D eigenvalue weighted by atomic mass is 9.89. The molecule has 2 nitrogen and oxygen atoms in total. The van der Waals surface area contributed by atoms with Crippen LogP contribution in [-0.4, -0.2) is 11.8 Å². The Morgan fingerprint density at radius 2 is 1.28 bits per heavy atom. The highest BCUT2D eigenvalue weighted by molar-refractivity contribution is 5.85. The molecule has 2 N–H and O–H groups in total. The minimum atomic E-state index is 0. The van der Waals surface area contributed by atoms with Crippen LogP contribution in [0.15, 0.2) is 60.7 Å². The number of halogens is 1. The molecule has 0 radical (unpaired) electrons. The van der Waals surface area contributed by atoms with Crippen molar-refractivity contribution >= 4 is 12.4 Å². The SMILES string of the molecule is Cl.ONCCC(c1ccccc1)c1ccccc1. The summed E-state index contributed by atoms with van der Waals surface area (Å²) in [6.07, 6.45) is 0.879. The Balaban J connectivity index is 0.00000162. The van der Waals surface area contributed by atoms with Crippen molar-refractivity contribution in [2.75, 3.05) is 6.54 Å². The second-order valence-electron chi connectivity index (χ2n) is 4.07. The minimum absolute atomic E-state index is 0. The fourth-order valence-electron chi connectivity index (χ4n) is 2.11. The molecule has 0 aliphatic heterocycles. The molecule has 2 rings (SSSR count). The summed E-state index contributed by atoms with van der Waals surface area (Å²) in [5.74, 6) is 0.331. The summed E-state index contributed by atoms with van der Waals surface area (Å²) in [4.78, 5) is 0. The molecule has 0 aliphatic carbocycles. The van der Waals surface area contributed by atoms with Gasteiger partial charge in [-0.2, -0.15) is 0 Å². The highest BCUT2D eigenvalue weighted by atomic mass is 35.5. The topological polar surface area (TPSA) is 32.3 Å². The number of hydrogen-bond acceptors (Lipinski definition) is 2. The van der Waals surface area contributed by atoms with Gasteiger partial charge in [0, 0.05) is 12.5 Å². The Bertz CT molecular complexity index is 393. The first-order valence-electron chi connectivity index (χ1n) is 5.88. The van der Waals surface area contributed by atoms with Crippen molar-refractivity contribution < 1.29 is 5.21 Å². The maximum absolute atomic E-state index is 8.76. The van der Waals surface area contributed by atoms with Crippen LogP contribution in [0.1, 0.15) is 23.5 Å². The van der Waals surface area contributed by atoms with Crippen molar-refractivity contribution in [1.82, 2.24) is 5.48 Å². The van der Waals surface area contributed by atoms with Crippen molar-refractivity contribution in [2.45, 2.75) is 12.3 Å². The fourth-order valence-corrected chi connectivity index (χ4v) is 2.11. The van der Waals surface area contributed by atoms with Crippen LogP contribution in [0.2, 0.25) is 0 Å². The molecule has 0 amide bonds. The van der Waals surface area contributed by atoms with E-state index in [2.05, 4.69) is 54.0 Å². The molecule has 18 heavy (non-hydrogen) atoms. The molecule has 0 aromatic heterocycles. The Labute approximate surface area is 114 Å². The highest BCUT2D eigenvalue weighted by Gasteiger charge is 2.12. The smallest absolute Gasteiger partial charge is 0.0216 e. The molecule has 0 saturated carbocycles. The van der Waals surface area contributed by atoms with Crippen LogP contribution < -0.4 is 5.48 Å². The summed E-state index contributed by atoms with van der Waals surface area (Å²) in [5.41, 5.74) is 4.81. The fraction of sp³-hybridized carbons (Fsp3) is 0.200. The van der Waals surface area contributed by atoms with E-state index < -0.39 is 0 Å². The van der Waals surface area contributed by atoms with Gasteiger partial charge in [0.05, 0.1) is 0 Å². The normalized spacial score (nSPS) is 10.1. The molecule has 96 valence electrons. The summed E-state index contributed by atoms with van der Waals surface area (Å²) in [6, 6.07) is 20.8. The molecule has 0 fully saturated rings. The molecule has 2 aromatic carbocycles. The lowest BCUT2D eigenvalue weighted by molar-refractivity contribution is 0.164. The van der Waals surface area contributed by atoms with Crippen LogP contribution >= 0.6 is 12.4 Å². The van der Waals surface area contributed by atoms with Gasteiger partial charge in [-0.3, -0.25) is 0 Å². The van der Waals surface area contributed by atoms with Crippen LogP contribution in [0.5, 0.6) is 0 Å². The molecule has 0 saturated heterocycles. The Hall–Kier alpha value is -1.35. The summed E-state index contributed by atoms with van der Waals surface area (Å²) >= 11 is 0. The largest absolute Gasteiger partial charge is 0.317 e. The molecular weight excluding hydrogens is 246 g/mol. The second-order valence-corrected chi connectivity index (χ2v) is 4.07. The molecular formula is C15H18ClNO. The van der Waals surface area contributed by atoms with Crippen LogP contribution in [0, 0.1) is 0 Å². The van der Waals surface area contributed by atoms with Crippen LogP contribution in [0.4, 0.5) is 0 Å². The monoisotopic (exact) mass is 263 g/mol. The van der Waals surface area contributed by atoms with E-state index in [1.54, 1.807) is 0 Å². The van der Waals surface area contributed by atoms with Gasteiger partial charge >= 0.3 is 0 Å². The van der Waals surface area contributed by atoms with Gasteiger partial charge in [-0.1, -0.05) is 60.7 Å². The van der Waals surface area contributed by atoms with Gasteiger partial charge in [0.25, 0.3) is 0 Å². The van der Waals surface area contributed by atoms with E-state index in [4.69, 9.17) is 5.21 Å². The average molecular weight is 264 g/mol. The zero-order valence-electron chi connectivity index (χ0n) is 10.1.